The molecule has 2 aromatic rings. The van der Waals surface area contributed by atoms with Crippen LogP contribution in [-0.4, -0.2) is 23.3 Å². The summed E-state index contributed by atoms with van der Waals surface area (Å²) in [5, 5.41) is 1.35. The van der Waals surface area contributed by atoms with Crippen LogP contribution in [0.5, 0.6) is 0 Å². The molecule has 0 aliphatic heterocycles. The zero-order chi connectivity index (χ0) is 15.5. The highest BCUT2D eigenvalue weighted by molar-refractivity contribution is 5.81. The zero-order valence-electron chi connectivity index (χ0n) is 14.1. The van der Waals surface area contributed by atoms with Crippen LogP contribution < -0.4 is 0 Å². The van der Waals surface area contributed by atoms with Gasteiger partial charge in [-0.15, -0.1) is 0 Å². The minimum Gasteiger partial charge on any atom is -0.385 e. The fraction of sp³-hybridized carbons (Fsp3) is 0.632. The van der Waals surface area contributed by atoms with Crippen LogP contribution in [0, 0.1) is 12.8 Å². The Bertz CT molecular complexity index is 628. The van der Waals surface area contributed by atoms with Crippen LogP contribution in [-0.2, 0) is 11.3 Å². The van der Waals surface area contributed by atoms with Crippen LogP contribution in [0.2, 0.25) is 0 Å². The predicted molar refractivity (Wildman–Crippen MR) is 91.3 cm³/mol. The van der Waals surface area contributed by atoms with E-state index in [9.17, 15) is 0 Å². The number of nitrogens with zero attached hydrogens (tertiary/aromatic N) is 2. The largest absolute Gasteiger partial charge is 0.385 e. The van der Waals surface area contributed by atoms with Crippen LogP contribution in [0.15, 0.2) is 18.3 Å². The Morgan fingerprint density at radius 1 is 1.32 bits per heavy atom. The number of hydrogen-bond acceptors (Lipinski definition) is 2. The van der Waals surface area contributed by atoms with Gasteiger partial charge in [0.2, 0.25) is 0 Å². The van der Waals surface area contributed by atoms with Gasteiger partial charge in [-0.3, -0.25) is 0 Å². The molecule has 2 aromatic heterocycles. The summed E-state index contributed by atoms with van der Waals surface area (Å²) < 4.78 is 7.51. The summed E-state index contributed by atoms with van der Waals surface area (Å²) in [6.45, 7) is 6.33. The van der Waals surface area contributed by atoms with E-state index >= 15 is 0 Å². The van der Waals surface area contributed by atoms with Crippen molar-refractivity contribution in [1.29, 1.82) is 0 Å². The highest BCUT2D eigenvalue weighted by atomic mass is 16.5. The smallest absolute Gasteiger partial charge is 0.140 e. The number of aromatic nitrogens is 2. The lowest BCUT2D eigenvalue weighted by molar-refractivity contribution is 0.191. The van der Waals surface area contributed by atoms with Gasteiger partial charge >= 0.3 is 0 Å². The fourth-order valence-electron chi connectivity index (χ4n) is 3.36. The van der Waals surface area contributed by atoms with Crippen LogP contribution in [0.1, 0.15) is 56.2 Å². The Labute approximate surface area is 133 Å². The SMILES string of the molecule is COCCCCn1cc(C(C)CC2CC2)c2ccc(C)nc21. The molecule has 120 valence electrons. The number of aryl methyl sites for hydroxylation is 2. The number of fused-ring (bicyclic) bond motifs is 1. The molecule has 0 radical (unpaired) electrons. The molecule has 1 saturated carbocycles. The Hall–Kier alpha value is -1.35. The summed E-state index contributed by atoms with van der Waals surface area (Å²) in [7, 11) is 1.77. The second-order valence-electron chi connectivity index (χ2n) is 6.88. The third kappa shape index (κ3) is 3.52. The number of hydrogen-bond donors (Lipinski definition) is 0. The topological polar surface area (TPSA) is 27.1 Å². The molecular formula is C19H28N2O. The van der Waals surface area contributed by atoms with Crippen LogP contribution in [0.3, 0.4) is 0 Å². The number of ether oxygens (including phenoxy) is 1. The summed E-state index contributed by atoms with van der Waals surface area (Å²) in [5.74, 6) is 1.60. The van der Waals surface area contributed by atoms with Gasteiger partial charge in [-0.25, -0.2) is 4.98 Å². The zero-order valence-corrected chi connectivity index (χ0v) is 14.1. The van der Waals surface area contributed by atoms with Crippen molar-refractivity contribution in [2.75, 3.05) is 13.7 Å². The van der Waals surface area contributed by atoms with E-state index < -0.39 is 0 Å². The molecule has 0 amide bonds. The standard InChI is InChI=1S/C19H28N2O/c1-14(12-16-7-8-16)18-13-21(10-4-5-11-22-3)19-17(18)9-6-15(2)20-19/h6,9,13-14,16H,4-5,7-8,10-12H2,1-3H3. The van der Waals surface area contributed by atoms with E-state index in [4.69, 9.17) is 9.72 Å². The van der Waals surface area contributed by atoms with Crippen LogP contribution in [0.25, 0.3) is 11.0 Å². The summed E-state index contributed by atoms with van der Waals surface area (Å²) >= 11 is 0. The van der Waals surface area contributed by atoms with Gasteiger partial charge in [-0.05, 0) is 55.7 Å². The molecule has 0 aromatic carbocycles. The van der Waals surface area contributed by atoms with E-state index in [0.717, 1.165) is 43.3 Å². The summed E-state index contributed by atoms with van der Waals surface area (Å²) in [6.07, 6.45) is 8.79. The predicted octanol–water partition coefficient (Wildman–Crippen LogP) is 4.67. The van der Waals surface area contributed by atoms with E-state index in [1.807, 2.05) is 0 Å². The highest BCUT2D eigenvalue weighted by Gasteiger charge is 2.25. The monoisotopic (exact) mass is 300 g/mol. The molecule has 0 spiro atoms. The van der Waals surface area contributed by atoms with Crippen LogP contribution >= 0.6 is 0 Å². The maximum Gasteiger partial charge on any atom is 0.140 e. The molecule has 1 aliphatic carbocycles. The van der Waals surface area contributed by atoms with E-state index in [-0.39, 0.29) is 0 Å². The minimum absolute atomic E-state index is 0.639. The molecule has 1 aliphatic rings. The van der Waals surface area contributed by atoms with Crippen LogP contribution in [0.4, 0.5) is 0 Å². The van der Waals surface area contributed by atoms with Gasteiger partial charge in [-0.1, -0.05) is 19.8 Å². The molecule has 2 heterocycles. The third-order valence-corrected chi connectivity index (χ3v) is 4.80. The van der Waals surface area contributed by atoms with E-state index in [1.54, 1.807) is 7.11 Å². The summed E-state index contributed by atoms with van der Waals surface area (Å²) in [5.41, 5.74) is 3.75. The molecule has 0 bridgehead atoms. The van der Waals surface area contributed by atoms with Gasteiger partial charge in [-0.2, -0.15) is 0 Å². The number of rotatable bonds is 8. The van der Waals surface area contributed by atoms with Crippen molar-refractivity contribution in [3.8, 4) is 0 Å². The molecule has 3 heteroatoms. The molecule has 1 atom stereocenters. The first-order valence-electron chi connectivity index (χ1n) is 8.64. The van der Waals surface area contributed by atoms with Gasteiger partial charge < -0.3 is 9.30 Å². The first-order valence-corrected chi connectivity index (χ1v) is 8.64. The average Bonchev–Trinajstić information content (AvgIpc) is 3.24. The second kappa shape index (κ2) is 6.82. The van der Waals surface area contributed by atoms with Gasteiger partial charge in [0.1, 0.15) is 5.65 Å². The number of methoxy groups -OCH3 is 1. The average molecular weight is 300 g/mol. The normalized spacial score (nSPS) is 16.3. The van der Waals surface area contributed by atoms with Crippen molar-refractivity contribution in [2.24, 2.45) is 5.92 Å². The molecule has 3 nitrogen and oxygen atoms in total. The molecular weight excluding hydrogens is 272 g/mol. The first-order chi connectivity index (χ1) is 10.7. The number of pyridine rings is 1. The van der Waals surface area contributed by atoms with Gasteiger partial charge in [0.05, 0.1) is 0 Å². The Morgan fingerprint density at radius 3 is 2.86 bits per heavy atom. The summed E-state index contributed by atoms with van der Waals surface area (Å²) in [6, 6.07) is 4.41. The molecule has 3 rings (SSSR count). The fourth-order valence-corrected chi connectivity index (χ4v) is 3.36. The third-order valence-electron chi connectivity index (χ3n) is 4.80. The minimum atomic E-state index is 0.639. The Kier molecular flexibility index (Phi) is 4.82. The van der Waals surface area contributed by atoms with Crippen molar-refractivity contribution >= 4 is 11.0 Å². The van der Waals surface area contributed by atoms with Crippen molar-refractivity contribution in [1.82, 2.24) is 9.55 Å². The van der Waals surface area contributed by atoms with Gasteiger partial charge in [0.25, 0.3) is 0 Å². The Morgan fingerprint density at radius 2 is 2.14 bits per heavy atom. The lowest BCUT2D eigenvalue weighted by atomic mass is 9.95. The first kappa shape index (κ1) is 15.5. The number of unbranched alkanes of at least 4 members (excludes halogenated alkanes) is 1. The molecule has 1 fully saturated rings. The lowest BCUT2D eigenvalue weighted by Crippen LogP contribution is -2.00. The quantitative estimate of drug-likeness (QED) is 0.662. The van der Waals surface area contributed by atoms with E-state index in [1.165, 1.54) is 30.2 Å². The lowest BCUT2D eigenvalue weighted by Gasteiger charge is -2.09. The second-order valence-corrected chi connectivity index (χ2v) is 6.88. The van der Waals surface area contributed by atoms with Crippen molar-refractivity contribution in [3.63, 3.8) is 0 Å². The van der Waals surface area contributed by atoms with Crippen molar-refractivity contribution in [3.05, 3.63) is 29.6 Å². The van der Waals surface area contributed by atoms with E-state index in [0.29, 0.717) is 5.92 Å². The molecule has 0 N–H and O–H groups in total. The summed E-state index contributed by atoms with van der Waals surface area (Å²) in [4.78, 5) is 4.80. The molecule has 22 heavy (non-hydrogen) atoms. The molecule has 1 unspecified atom stereocenters. The van der Waals surface area contributed by atoms with Gasteiger partial charge in [0.15, 0.2) is 0 Å². The molecule has 0 saturated heterocycles. The Balaban J connectivity index is 1.84. The van der Waals surface area contributed by atoms with Gasteiger partial charge in [0, 0.05) is 37.5 Å². The maximum atomic E-state index is 5.16. The van der Waals surface area contributed by atoms with Crippen molar-refractivity contribution in [2.45, 2.75) is 58.4 Å². The van der Waals surface area contributed by atoms with E-state index in [2.05, 4.69) is 36.7 Å². The maximum absolute atomic E-state index is 5.16. The van der Waals surface area contributed by atoms with Crippen molar-refractivity contribution < 1.29 is 4.74 Å². The highest BCUT2D eigenvalue weighted by Crippen LogP contribution is 2.40.